The number of hydrogen-bond donors (Lipinski definition) is 3. The van der Waals surface area contributed by atoms with E-state index in [1.165, 1.54) is 6.42 Å². The van der Waals surface area contributed by atoms with Gasteiger partial charge in [0.1, 0.15) is 0 Å². The molecule has 1 fully saturated rings. The summed E-state index contributed by atoms with van der Waals surface area (Å²) in [5, 5.41) is 29.4. The van der Waals surface area contributed by atoms with Gasteiger partial charge in [-0.05, 0) is 50.4 Å². The lowest BCUT2D eigenvalue weighted by atomic mass is 9.88. The van der Waals surface area contributed by atoms with Crippen LogP contribution in [-0.4, -0.2) is 33.5 Å². The highest BCUT2D eigenvalue weighted by Gasteiger charge is 2.32. The number of carbonyl (C=O) groups is 1. The van der Waals surface area contributed by atoms with Gasteiger partial charge in [0, 0.05) is 0 Å². The highest BCUT2D eigenvalue weighted by atomic mass is 16.4. The van der Waals surface area contributed by atoms with Crippen LogP contribution >= 0.6 is 0 Å². The van der Waals surface area contributed by atoms with Crippen LogP contribution in [0.4, 0.5) is 0 Å². The topological polar surface area (TPSA) is 77.8 Å². The minimum atomic E-state index is -0.679. The number of aliphatic hydroxyl groups excluding tert-OH is 2. The molecule has 2 unspecified atom stereocenters. The Morgan fingerprint density at radius 2 is 1.81 bits per heavy atom. The quantitative estimate of drug-likeness (QED) is 0.300. The fourth-order valence-corrected chi connectivity index (χ4v) is 4.14. The molecule has 0 saturated heterocycles. The number of hydrogen-bond acceptors (Lipinski definition) is 3. The van der Waals surface area contributed by atoms with Crippen LogP contribution < -0.4 is 0 Å². The third-order valence-electron chi connectivity index (χ3n) is 5.96. The van der Waals surface area contributed by atoms with Crippen LogP contribution in [0.25, 0.3) is 0 Å². The maximum Gasteiger partial charge on any atom is 0.306 e. The van der Waals surface area contributed by atoms with Gasteiger partial charge < -0.3 is 15.3 Å². The monoisotopic (exact) mass is 368 g/mol. The van der Waals surface area contributed by atoms with Gasteiger partial charge in [0.05, 0.1) is 18.1 Å². The van der Waals surface area contributed by atoms with Crippen molar-refractivity contribution in [1.29, 1.82) is 0 Å². The van der Waals surface area contributed by atoms with Crippen molar-refractivity contribution in [2.24, 2.45) is 17.8 Å². The number of rotatable bonds is 14. The molecule has 152 valence electrons. The summed E-state index contributed by atoms with van der Waals surface area (Å²) < 4.78 is 0. The first-order chi connectivity index (χ1) is 12.5. The summed E-state index contributed by atoms with van der Waals surface area (Å²) >= 11 is 0. The van der Waals surface area contributed by atoms with Crippen molar-refractivity contribution in [2.45, 2.75) is 103 Å². The van der Waals surface area contributed by atoms with Gasteiger partial charge in [-0.25, -0.2) is 0 Å². The highest BCUT2D eigenvalue weighted by molar-refractivity contribution is 5.69. The van der Waals surface area contributed by atoms with Gasteiger partial charge >= 0.3 is 5.97 Å². The minimum absolute atomic E-state index is 0.211. The summed E-state index contributed by atoms with van der Waals surface area (Å²) in [6, 6.07) is 0. The number of aliphatic carboxylic acids is 1. The van der Waals surface area contributed by atoms with Crippen molar-refractivity contribution in [2.75, 3.05) is 0 Å². The van der Waals surface area contributed by atoms with Gasteiger partial charge in [0.25, 0.3) is 0 Å². The van der Waals surface area contributed by atoms with E-state index in [4.69, 9.17) is 5.11 Å². The Morgan fingerprint density at radius 3 is 2.46 bits per heavy atom. The van der Waals surface area contributed by atoms with E-state index < -0.39 is 5.97 Å². The van der Waals surface area contributed by atoms with E-state index in [2.05, 4.69) is 13.0 Å². The fraction of sp³-hybridized carbons (Fsp3) is 0.864. The highest BCUT2D eigenvalue weighted by Crippen LogP contribution is 2.37. The van der Waals surface area contributed by atoms with Crippen molar-refractivity contribution >= 4 is 5.97 Å². The van der Waals surface area contributed by atoms with E-state index in [9.17, 15) is 15.0 Å². The van der Waals surface area contributed by atoms with Crippen LogP contribution in [0.3, 0.4) is 0 Å². The Kier molecular flexibility index (Phi) is 11.9. The van der Waals surface area contributed by atoms with E-state index in [0.717, 1.165) is 64.2 Å². The smallest absolute Gasteiger partial charge is 0.306 e. The zero-order valence-electron chi connectivity index (χ0n) is 16.8. The molecule has 1 aliphatic carbocycles. The van der Waals surface area contributed by atoms with Crippen molar-refractivity contribution in [3.63, 3.8) is 0 Å². The second-order valence-electron chi connectivity index (χ2n) is 8.00. The first kappa shape index (κ1) is 23.2. The summed E-state index contributed by atoms with van der Waals surface area (Å²) in [6.07, 6.45) is 15.0. The summed E-state index contributed by atoms with van der Waals surface area (Å²) in [4.78, 5) is 11.0. The number of unbranched alkanes of at least 4 members (excludes halogenated alkanes) is 4. The average Bonchev–Trinajstić information content (AvgIpc) is 2.96. The van der Waals surface area contributed by atoms with Gasteiger partial charge in [-0.2, -0.15) is 0 Å². The van der Waals surface area contributed by atoms with Crippen molar-refractivity contribution < 1.29 is 20.1 Å². The first-order valence-corrected chi connectivity index (χ1v) is 10.8. The number of allylic oxidation sites excluding steroid dienone is 1. The van der Waals surface area contributed by atoms with Crippen LogP contribution in [0.1, 0.15) is 90.9 Å². The second-order valence-corrected chi connectivity index (χ2v) is 8.00. The molecule has 0 aromatic heterocycles. The van der Waals surface area contributed by atoms with Crippen molar-refractivity contribution in [3.05, 3.63) is 12.2 Å². The first-order valence-electron chi connectivity index (χ1n) is 10.8. The SMILES string of the molecule is CCCCCC(O)C=C[C@H]1CC[C@H](O)[C@@H]1CCCCCC(CC)C(=O)O. The maximum atomic E-state index is 11.0. The van der Waals surface area contributed by atoms with E-state index in [-0.39, 0.29) is 24.0 Å². The Bertz CT molecular complexity index is 407. The molecule has 0 aliphatic heterocycles. The summed E-state index contributed by atoms with van der Waals surface area (Å²) in [7, 11) is 0. The predicted molar refractivity (Wildman–Crippen MR) is 106 cm³/mol. The van der Waals surface area contributed by atoms with E-state index in [1.807, 2.05) is 13.0 Å². The van der Waals surface area contributed by atoms with E-state index in [0.29, 0.717) is 12.3 Å². The third-order valence-corrected chi connectivity index (χ3v) is 5.96. The van der Waals surface area contributed by atoms with Crippen LogP contribution in [0.5, 0.6) is 0 Å². The average molecular weight is 369 g/mol. The maximum absolute atomic E-state index is 11.0. The van der Waals surface area contributed by atoms with E-state index in [1.54, 1.807) is 0 Å². The largest absolute Gasteiger partial charge is 0.481 e. The lowest BCUT2D eigenvalue weighted by molar-refractivity contribution is -0.142. The molecule has 1 saturated carbocycles. The number of carboxylic acids is 1. The molecule has 5 atom stereocenters. The lowest BCUT2D eigenvalue weighted by Gasteiger charge is -2.20. The molecule has 0 heterocycles. The molecule has 1 aliphatic rings. The molecule has 3 N–H and O–H groups in total. The van der Waals surface area contributed by atoms with Gasteiger partial charge in [-0.3, -0.25) is 4.79 Å². The minimum Gasteiger partial charge on any atom is -0.481 e. The zero-order chi connectivity index (χ0) is 19.4. The third kappa shape index (κ3) is 8.68. The van der Waals surface area contributed by atoms with Crippen LogP contribution in [0.15, 0.2) is 12.2 Å². The zero-order valence-corrected chi connectivity index (χ0v) is 16.8. The molecule has 0 spiro atoms. The fourth-order valence-electron chi connectivity index (χ4n) is 4.14. The van der Waals surface area contributed by atoms with Gasteiger partial charge in [0.15, 0.2) is 0 Å². The summed E-state index contributed by atoms with van der Waals surface area (Å²) in [6.45, 7) is 4.10. The molecular weight excluding hydrogens is 328 g/mol. The predicted octanol–water partition coefficient (Wildman–Crippen LogP) is 4.93. The van der Waals surface area contributed by atoms with Crippen LogP contribution in [0.2, 0.25) is 0 Å². The Hall–Kier alpha value is -0.870. The number of carboxylic acid groups (broad SMARTS) is 1. The Balaban J connectivity index is 2.31. The van der Waals surface area contributed by atoms with Crippen molar-refractivity contribution in [1.82, 2.24) is 0 Å². The lowest BCUT2D eigenvalue weighted by Crippen LogP contribution is -2.18. The Labute approximate surface area is 159 Å². The molecule has 0 aromatic carbocycles. The van der Waals surface area contributed by atoms with Gasteiger partial charge in [-0.1, -0.05) is 64.5 Å². The molecule has 0 amide bonds. The molecule has 0 aromatic rings. The molecule has 0 bridgehead atoms. The van der Waals surface area contributed by atoms with Crippen LogP contribution in [0, 0.1) is 17.8 Å². The molecule has 0 radical (unpaired) electrons. The molecular formula is C22H40O4. The molecule has 1 rings (SSSR count). The normalized spacial score (nSPS) is 25.6. The Morgan fingerprint density at radius 1 is 1.08 bits per heavy atom. The second kappa shape index (κ2) is 13.3. The summed E-state index contributed by atoms with van der Waals surface area (Å²) in [5.74, 6) is -0.234. The van der Waals surface area contributed by atoms with Gasteiger partial charge in [0.2, 0.25) is 0 Å². The molecule has 4 heteroatoms. The van der Waals surface area contributed by atoms with E-state index >= 15 is 0 Å². The number of aliphatic hydroxyl groups is 2. The van der Waals surface area contributed by atoms with Crippen molar-refractivity contribution in [3.8, 4) is 0 Å². The van der Waals surface area contributed by atoms with Gasteiger partial charge in [-0.15, -0.1) is 0 Å². The standard InChI is InChI=1S/C22H40O4/c1-3-5-7-11-19(23)15-13-18-14-16-21(24)20(18)12-9-6-8-10-17(4-2)22(25)26/h13,15,17-21,23-24H,3-12,14,16H2,1-2H3,(H,25,26)/t17?,18-,19?,20+,21-/m0/s1. The van der Waals surface area contributed by atoms with Crippen LogP contribution in [-0.2, 0) is 4.79 Å². The summed E-state index contributed by atoms with van der Waals surface area (Å²) in [5.41, 5.74) is 0. The molecule has 26 heavy (non-hydrogen) atoms. The molecule has 4 nitrogen and oxygen atoms in total.